The van der Waals surface area contributed by atoms with Crippen molar-refractivity contribution in [2.24, 2.45) is 0 Å². The van der Waals surface area contributed by atoms with Crippen LogP contribution in [0.25, 0.3) is 0 Å². The zero-order valence-corrected chi connectivity index (χ0v) is 14.7. The van der Waals surface area contributed by atoms with Crippen LogP contribution >= 0.6 is 23.4 Å². The molecule has 0 radical (unpaired) electrons. The van der Waals surface area contributed by atoms with Crippen LogP contribution in [0.3, 0.4) is 0 Å². The third-order valence-corrected chi connectivity index (χ3v) is 5.01. The van der Waals surface area contributed by atoms with Gasteiger partial charge in [-0.15, -0.1) is 11.8 Å². The lowest BCUT2D eigenvalue weighted by Crippen LogP contribution is -2.51. The lowest BCUT2D eigenvalue weighted by Gasteiger charge is -2.35. The van der Waals surface area contributed by atoms with Crippen LogP contribution in [-0.4, -0.2) is 70.4 Å². The highest BCUT2D eigenvalue weighted by Gasteiger charge is 2.24. The highest BCUT2D eigenvalue weighted by atomic mass is 35.5. The molecule has 6 nitrogen and oxygen atoms in total. The third-order valence-electron chi connectivity index (χ3n) is 3.74. The average Bonchev–Trinajstić information content (AvgIpc) is 2.56. The Morgan fingerprint density at radius 3 is 2.17 bits per heavy atom. The van der Waals surface area contributed by atoms with E-state index in [1.54, 1.807) is 15.9 Å². The van der Waals surface area contributed by atoms with E-state index >= 15 is 0 Å². The van der Waals surface area contributed by atoms with Gasteiger partial charge in [0, 0.05) is 31.2 Å². The van der Waals surface area contributed by atoms with Gasteiger partial charge in [0.15, 0.2) is 0 Å². The van der Waals surface area contributed by atoms with Crippen molar-refractivity contribution in [2.45, 2.75) is 6.42 Å². The summed E-state index contributed by atoms with van der Waals surface area (Å²) in [5, 5.41) is 9.15. The summed E-state index contributed by atoms with van der Waals surface area (Å²) in [5.41, 5.74) is 0.799. The van der Waals surface area contributed by atoms with Gasteiger partial charge in [0.25, 0.3) is 0 Å². The number of carbonyl (C=O) groups is 3. The Morgan fingerprint density at radius 2 is 1.58 bits per heavy atom. The van der Waals surface area contributed by atoms with Crippen LogP contribution < -0.4 is 0 Å². The fourth-order valence-electron chi connectivity index (χ4n) is 2.44. The van der Waals surface area contributed by atoms with Crippen LogP contribution in [0.4, 0.5) is 0 Å². The van der Waals surface area contributed by atoms with E-state index in [0.717, 1.165) is 17.3 Å². The topological polar surface area (TPSA) is 77.9 Å². The molecule has 1 aliphatic rings. The van der Waals surface area contributed by atoms with E-state index in [0.29, 0.717) is 31.2 Å². The summed E-state index contributed by atoms with van der Waals surface area (Å²) in [5.74, 6) is -0.945. The van der Waals surface area contributed by atoms with Crippen molar-refractivity contribution in [3.05, 3.63) is 34.9 Å². The van der Waals surface area contributed by atoms with Crippen molar-refractivity contribution in [3.8, 4) is 0 Å². The van der Waals surface area contributed by atoms with Crippen LogP contribution in [0.5, 0.6) is 0 Å². The Balaban J connectivity index is 1.77. The number of amides is 2. The van der Waals surface area contributed by atoms with E-state index in [1.807, 2.05) is 18.2 Å². The molecule has 0 aliphatic carbocycles. The van der Waals surface area contributed by atoms with E-state index < -0.39 is 5.97 Å². The van der Waals surface area contributed by atoms with E-state index in [-0.39, 0.29) is 29.7 Å². The second kappa shape index (κ2) is 8.94. The number of piperazine rings is 1. The Labute approximate surface area is 149 Å². The smallest absolute Gasteiger partial charge is 0.313 e. The van der Waals surface area contributed by atoms with Crippen LogP contribution in [0.15, 0.2) is 24.3 Å². The molecule has 1 N–H and O–H groups in total. The van der Waals surface area contributed by atoms with E-state index in [2.05, 4.69) is 0 Å². The zero-order valence-electron chi connectivity index (χ0n) is 13.1. The maximum Gasteiger partial charge on any atom is 0.313 e. The molecule has 0 aromatic heterocycles. The van der Waals surface area contributed by atoms with Crippen molar-refractivity contribution in [2.75, 3.05) is 37.7 Å². The first-order chi connectivity index (χ1) is 11.5. The van der Waals surface area contributed by atoms with Gasteiger partial charge in [0.1, 0.15) is 0 Å². The number of carbonyl (C=O) groups excluding carboxylic acids is 2. The summed E-state index contributed by atoms with van der Waals surface area (Å²) >= 11 is 7.16. The minimum atomic E-state index is -0.928. The number of aliphatic carboxylic acids is 1. The van der Waals surface area contributed by atoms with E-state index in [4.69, 9.17) is 16.7 Å². The molecule has 24 heavy (non-hydrogen) atoms. The molecule has 0 saturated carbocycles. The molecule has 1 saturated heterocycles. The highest BCUT2D eigenvalue weighted by Crippen LogP contribution is 2.17. The Hall–Kier alpha value is -1.73. The molecule has 0 unspecified atom stereocenters. The second-order valence-corrected chi connectivity index (χ2v) is 6.81. The molecule has 1 aromatic rings. The molecule has 0 atom stereocenters. The largest absolute Gasteiger partial charge is 0.481 e. The summed E-state index contributed by atoms with van der Waals surface area (Å²) in [6.45, 7) is 1.92. The van der Waals surface area contributed by atoms with Gasteiger partial charge in [0.05, 0.1) is 17.9 Å². The highest BCUT2D eigenvalue weighted by molar-refractivity contribution is 8.00. The number of thioether (sulfide) groups is 1. The van der Waals surface area contributed by atoms with Crippen LogP contribution in [0.1, 0.15) is 5.56 Å². The minimum Gasteiger partial charge on any atom is -0.481 e. The lowest BCUT2D eigenvalue weighted by molar-refractivity contribution is -0.137. The van der Waals surface area contributed by atoms with Crippen molar-refractivity contribution < 1.29 is 19.5 Å². The minimum absolute atomic E-state index is 0.00421. The van der Waals surface area contributed by atoms with Crippen molar-refractivity contribution in [1.29, 1.82) is 0 Å². The first-order valence-electron chi connectivity index (χ1n) is 7.56. The van der Waals surface area contributed by atoms with Crippen LogP contribution in [0, 0.1) is 0 Å². The van der Waals surface area contributed by atoms with Crippen LogP contribution in [-0.2, 0) is 20.8 Å². The molecular formula is C16H19ClN2O4S. The summed E-state index contributed by atoms with van der Waals surface area (Å²) in [7, 11) is 0. The van der Waals surface area contributed by atoms with Gasteiger partial charge in [-0.3, -0.25) is 14.4 Å². The summed E-state index contributed by atoms with van der Waals surface area (Å²) in [6, 6.07) is 7.26. The van der Waals surface area contributed by atoms with Gasteiger partial charge in [-0.1, -0.05) is 29.8 Å². The Bertz CT molecular complexity index is 618. The number of hydrogen-bond donors (Lipinski definition) is 1. The number of rotatable bonds is 6. The number of hydrogen-bond acceptors (Lipinski definition) is 4. The maximum absolute atomic E-state index is 12.3. The molecule has 8 heteroatoms. The predicted molar refractivity (Wildman–Crippen MR) is 93.3 cm³/mol. The van der Waals surface area contributed by atoms with Gasteiger partial charge < -0.3 is 14.9 Å². The van der Waals surface area contributed by atoms with E-state index in [9.17, 15) is 14.4 Å². The first kappa shape index (κ1) is 18.6. The molecular weight excluding hydrogens is 352 g/mol. The quantitative estimate of drug-likeness (QED) is 0.818. The molecule has 1 heterocycles. The molecule has 1 aromatic carbocycles. The Kier molecular flexibility index (Phi) is 6.93. The summed E-state index contributed by atoms with van der Waals surface area (Å²) < 4.78 is 0. The molecule has 2 rings (SSSR count). The van der Waals surface area contributed by atoms with Crippen molar-refractivity contribution in [3.63, 3.8) is 0 Å². The van der Waals surface area contributed by atoms with E-state index in [1.165, 1.54) is 0 Å². The predicted octanol–water partition coefficient (Wildman–Crippen LogP) is 1.37. The molecule has 1 fully saturated rings. The molecule has 2 amide bonds. The summed E-state index contributed by atoms with van der Waals surface area (Å²) in [6.07, 6.45) is 0.252. The monoisotopic (exact) mass is 370 g/mol. The first-order valence-corrected chi connectivity index (χ1v) is 9.09. The second-order valence-electron chi connectivity index (χ2n) is 5.42. The van der Waals surface area contributed by atoms with Crippen molar-refractivity contribution >= 4 is 41.1 Å². The fraction of sp³-hybridized carbons (Fsp3) is 0.438. The fourth-order valence-corrected chi connectivity index (χ4v) is 3.28. The van der Waals surface area contributed by atoms with Gasteiger partial charge in [0.2, 0.25) is 11.8 Å². The Morgan fingerprint density at radius 1 is 1.00 bits per heavy atom. The summed E-state index contributed by atoms with van der Waals surface area (Å²) in [4.78, 5) is 38.2. The normalized spacial score (nSPS) is 14.5. The van der Waals surface area contributed by atoms with Gasteiger partial charge >= 0.3 is 5.97 Å². The number of benzene rings is 1. The number of nitrogens with zero attached hydrogens (tertiary/aromatic N) is 2. The molecule has 1 aliphatic heterocycles. The third kappa shape index (κ3) is 5.42. The number of halogens is 1. The molecule has 0 spiro atoms. The average molecular weight is 371 g/mol. The van der Waals surface area contributed by atoms with Crippen molar-refractivity contribution in [1.82, 2.24) is 9.80 Å². The zero-order chi connectivity index (χ0) is 17.5. The number of carboxylic acid groups (broad SMARTS) is 1. The molecule has 0 bridgehead atoms. The van der Waals surface area contributed by atoms with Gasteiger partial charge in [-0.05, 0) is 11.6 Å². The van der Waals surface area contributed by atoms with Gasteiger partial charge in [-0.2, -0.15) is 0 Å². The molecule has 130 valence electrons. The maximum atomic E-state index is 12.3. The van der Waals surface area contributed by atoms with Crippen LogP contribution in [0.2, 0.25) is 5.02 Å². The van der Waals surface area contributed by atoms with Gasteiger partial charge in [-0.25, -0.2) is 0 Å². The standard InChI is InChI=1S/C16H19ClN2O4S/c17-13-4-2-1-3-12(13)9-14(20)18-5-7-19(8-6-18)15(21)10-24-11-16(22)23/h1-4H,5-11H2,(H,22,23). The SMILES string of the molecule is O=C(O)CSCC(=O)N1CCN(C(=O)Cc2ccccc2Cl)CC1. The number of carboxylic acids is 1. The lowest BCUT2D eigenvalue weighted by atomic mass is 10.1.